The second-order valence-electron chi connectivity index (χ2n) is 6.38. The molecule has 0 spiro atoms. The van der Waals surface area contributed by atoms with E-state index < -0.39 is 20.3 Å². The molecule has 22 heavy (non-hydrogen) atoms. The van der Waals surface area contributed by atoms with Crippen LogP contribution in [0, 0.1) is 6.92 Å². The predicted molar refractivity (Wildman–Crippen MR) is 85.4 cm³/mol. The highest BCUT2D eigenvalue weighted by Gasteiger charge is 2.36. The van der Waals surface area contributed by atoms with Gasteiger partial charge in [-0.05, 0) is 46.6 Å². The first kappa shape index (κ1) is 17.0. The fraction of sp³-hybridized carbons (Fsp3) is 0.733. The Bertz CT molecular complexity index is 636. The molecule has 1 aliphatic heterocycles. The summed E-state index contributed by atoms with van der Waals surface area (Å²) in [6, 6.07) is 1.99. The summed E-state index contributed by atoms with van der Waals surface area (Å²) in [5.41, 5.74) is 1.95. The van der Waals surface area contributed by atoms with E-state index in [0.717, 1.165) is 24.2 Å². The van der Waals surface area contributed by atoms with Gasteiger partial charge in [0, 0.05) is 24.7 Å². The van der Waals surface area contributed by atoms with Gasteiger partial charge in [0.05, 0.1) is 10.9 Å². The highest BCUT2D eigenvalue weighted by Crippen LogP contribution is 2.27. The number of rotatable bonds is 4. The molecule has 1 saturated heterocycles. The molecular formula is C15H25N3O3S. The average molecular weight is 327 g/mol. The summed E-state index contributed by atoms with van der Waals surface area (Å²) in [6.45, 7) is 7.84. The highest BCUT2D eigenvalue weighted by atomic mass is 32.2. The Morgan fingerprint density at radius 3 is 2.64 bits per heavy atom. The number of hydrogen-bond acceptors (Lipinski definition) is 4. The molecule has 1 aromatic heterocycles. The van der Waals surface area contributed by atoms with Crippen molar-refractivity contribution in [2.24, 2.45) is 0 Å². The van der Waals surface area contributed by atoms with Crippen LogP contribution in [-0.4, -0.2) is 53.0 Å². The van der Waals surface area contributed by atoms with Crippen LogP contribution in [0.5, 0.6) is 0 Å². The van der Waals surface area contributed by atoms with E-state index in [9.17, 15) is 13.2 Å². The van der Waals surface area contributed by atoms with Crippen LogP contribution in [0.15, 0.2) is 6.07 Å². The van der Waals surface area contributed by atoms with E-state index in [1.54, 1.807) is 18.7 Å². The number of aryl methyl sites for hydroxylation is 1. The number of nitrogens with zero attached hydrogens (tertiary/aromatic N) is 2. The van der Waals surface area contributed by atoms with Gasteiger partial charge in [-0.25, -0.2) is 8.42 Å². The van der Waals surface area contributed by atoms with Crippen LogP contribution in [0.1, 0.15) is 50.9 Å². The minimum atomic E-state index is -3.42. The number of piperidine rings is 1. The first-order chi connectivity index (χ1) is 10.2. The minimum absolute atomic E-state index is 0.177. The smallest absolute Gasteiger partial charge is 0.240 e. The number of aromatic amines is 1. The van der Waals surface area contributed by atoms with Gasteiger partial charge in [-0.3, -0.25) is 9.89 Å². The van der Waals surface area contributed by atoms with Crippen molar-refractivity contribution in [1.82, 2.24) is 15.1 Å². The molecule has 2 atom stereocenters. The lowest BCUT2D eigenvalue weighted by Gasteiger charge is -2.33. The zero-order valence-electron chi connectivity index (χ0n) is 13.7. The molecule has 1 aliphatic rings. The van der Waals surface area contributed by atoms with Gasteiger partial charge in [-0.1, -0.05) is 0 Å². The standard InChI is InChI=1S/C15H25N3O3S/c1-10(2)22(20,21)12(4)15(19)18-7-5-6-13(9-18)14-8-11(3)16-17-14/h8,10,12-13H,5-7,9H2,1-4H3,(H,16,17)/t12-,13+/m1/s1. The molecule has 2 rings (SSSR count). The molecule has 0 unspecified atom stereocenters. The van der Waals surface area contributed by atoms with Crippen LogP contribution in [0.2, 0.25) is 0 Å². The van der Waals surface area contributed by atoms with E-state index in [4.69, 9.17) is 0 Å². The third kappa shape index (κ3) is 3.34. The van der Waals surface area contributed by atoms with E-state index in [0.29, 0.717) is 13.1 Å². The first-order valence-electron chi connectivity index (χ1n) is 7.77. The zero-order valence-corrected chi connectivity index (χ0v) is 14.5. The van der Waals surface area contributed by atoms with E-state index in [1.807, 2.05) is 13.0 Å². The molecule has 1 fully saturated rings. The summed E-state index contributed by atoms with van der Waals surface area (Å²) in [5.74, 6) is -0.109. The van der Waals surface area contributed by atoms with Gasteiger partial charge in [0.2, 0.25) is 5.91 Å². The molecule has 0 bridgehead atoms. The molecular weight excluding hydrogens is 302 g/mol. The Labute approximate surface area is 132 Å². The van der Waals surface area contributed by atoms with Crippen molar-refractivity contribution >= 4 is 15.7 Å². The van der Waals surface area contributed by atoms with Crippen molar-refractivity contribution in [1.29, 1.82) is 0 Å². The predicted octanol–water partition coefficient (Wildman–Crippen LogP) is 1.64. The SMILES string of the molecule is Cc1cc([C@H]2CCCN(C(=O)[C@@H](C)S(=O)(=O)C(C)C)C2)n[nH]1. The summed E-state index contributed by atoms with van der Waals surface area (Å²) in [5, 5.41) is 5.68. The van der Waals surface area contributed by atoms with Gasteiger partial charge in [-0.2, -0.15) is 5.10 Å². The van der Waals surface area contributed by atoms with Crippen LogP contribution in [0.4, 0.5) is 0 Å². The van der Waals surface area contributed by atoms with Crippen LogP contribution in [0.25, 0.3) is 0 Å². The van der Waals surface area contributed by atoms with Crippen molar-refractivity contribution in [2.45, 2.75) is 57.0 Å². The molecule has 0 aliphatic carbocycles. The number of amides is 1. The second kappa shape index (κ2) is 6.40. The number of carbonyl (C=O) groups is 1. The lowest BCUT2D eigenvalue weighted by Crippen LogP contribution is -2.47. The summed E-state index contributed by atoms with van der Waals surface area (Å²) in [4.78, 5) is 14.2. The maximum atomic E-state index is 12.5. The normalized spacial score (nSPS) is 21.1. The molecule has 0 radical (unpaired) electrons. The van der Waals surface area contributed by atoms with E-state index in [1.165, 1.54) is 6.92 Å². The van der Waals surface area contributed by atoms with Crippen LogP contribution < -0.4 is 0 Å². The number of H-pyrrole nitrogens is 1. The van der Waals surface area contributed by atoms with Gasteiger partial charge in [0.15, 0.2) is 9.84 Å². The van der Waals surface area contributed by atoms with Crippen molar-refractivity contribution in [2.75, 3.05) is 13.1 Å². The second-order valence-corrected chi connectivity index (χ2v) is 9.21. The van der Waals surface area contributed by atoms with E-state index in [2.05, 4.69) is 10.2 Å². The number of aromatic nitrogens is 2. The quantitative estimate of drug-likeness (QED) is 0.911. The summed E-state index contributed by atoms with van der Waals surface area (Å²) < 4.78 is 24.4. The molecule has 2 heterocycles. The van der Waals surface area contributed by atoms with Crippen molar-refractivity contribution in [3.63, 3.8) is 0 Å². The number of carbonyl (C=O) groups excluding carboxylic acids is 1. The van der Waals surface area contributed by atoms with Gasteiger partial charge in [0.25, 0.3) is 0 Å². The fourth-order valence-electron chi connectivity index (χ4n) is 2.87. The molecule has 124 valence electrons. The third-order valence-corrected chi connectivity index (χ3v) is 6.88. The topological polar surface area (TPSA) is 83.1 Å². The van der Waals surface area contributed by atoms with E-state index in [-0.39, 0.29) is 11.8 Å². The highest BCUT2D eigenvalue weighted by molar-refractivity contribution is 7.93. The molecule has 1 amide bonds. The van der Waals surface area contributed by atoms with Crippen LogP contribution >= 0.6 is 0 Å². The Morgan fingerprint density at radius 1 is 1.41 bits per heavy atom. The van der Waals surface area contributed by atoms with Crippen LogP contribution in [0.3, 0.4) is 0 Å². The van der Waals surface area contributed by atoms with Crippen molar-refractivity contribution in [3.05, 3.63) is 17.5 Å². The van der Waals surface area contributed by atoms with E-state index >= 15 is 0 Å². The first-order valence-corrected chi connectivity index (χ1v) is 9.37. The Balaban J connectivity index is 2.10. The monoisotopic (exact) mass is 327 g/mol. The van der Waals surface area contributed by atoms with Gasteiger partial charge in [0.1, 0.15) is 5.25 Å². The van der Waals surface area contributed by atoms with Gasteiger partial charge in [-0.15, -0.1) is 0 Å². The number of likely N-dealkylation sites (tertiary alicyclic amines) is 1. The van der Waals surface area contributed by atoms with Gasteiger partial charge < -0.3 is 4.90 Å². The molecule has 7 heteroatoms. The molecule has 1 aromatic rings. The largest absolute Gasteiger partial charge is 0.341 e. The fourth-order valence-corrected chi connectivity index (χ4v) is 4.12. The summed E-state index contributed by atoms with van der Waals surface area (Å²) in [7, 11) is -3.42. The van der Waals surface area contributed by atoms with Crippen LogP contribution in [-0.2, 0) is 14.6 Å². The zero-order chi connectivity index (χ0) is 16.5. The molecule has 6 nitrogen and oxygen atoms in total. The van der Waals surface area contributed by atoms with Crippen molar-refractivity contribution in [3.8, 4) is 0 Å². The average Bonchev–Trinajstić information content (AvgIpc) is 2.92. The number of hydrogen-bond donors (Lipinski definition) is 1. The summed E-state index contributed by atoms with van der Waals surface area (Å²) >= 11 is 0. The number of nitrogens with one attached hydrogen (secondary N) is 1. The Kier molecular flexibility index (Phi) is 4.94. The lowest BCUT2D eigenvalue weighted by molar-refractivity contribution is -0.131. The Hall–Kier alpha value is -1.37. The maximum Gasteiger partial charge on any atom is 0.240 e. The number of sulfone groups is 1. The lowest BCUT2D eigenvalue weighted by atomic mass is 9.94. The molecule has 0 aromatic carbocycles. The maximum absolute atomic E-state index is 12.5. The Morgan fingerprint density at radius 2 is 2.09 bits per heavy atom. The third-order valence-electron chi connectivity index (χ3n) is 4.37. The van der Waals surface area contributed by atoms with Gasteiger partial charge >= 0.3 is 0 Å². The minimum Gasteiger partial charge on any atom is -0.341 e. The molecule has 1 N–H and O–H groups in total. The molecule has 0 saturated carbocycles. The van der Waals surface area contributed by atoms with Crippen molar-refractivity contribution < 1.29 is 13.2 Å². The summed E-state index contributed by atoms with van der Waals surface area (Å²) in [6.07, 6.45) is 1.84.